The molecule has 1 saturated carbocycles. The van der Waals surface area contributed by atoms with Crippen LogP contribution in [-0.2, 0) is 12.8 Å². The first-order valence-corrected chi connectivity index (χ1v) is 7.98. The van der Waals surface area contributed by atoms with Gasteiger partial charge in [-0.15, -0.1) is 0 Å². The average molecular weight is 288 g/mol. The topological polar surface area (TPSA) is 94.0 Å². The van der Waals surface area contributed by atoms with Gasteiger partial charge in [0.2, 0.25) is 0 Å². The Labute approximate surface area is 125 Å². The lowest BCUT2D eigenvalue weighted by molar-refractivity contribution is 0.100. The molecule has 0 bridgehead atoms. The van der Waals surface area contributed by atoms with Gasteiger partial charge < -0.3 is 16.8 Å². The minimum Gasteiger partial charge on any atom is -0.366 e. The Morgan fingerprint density at radius 2 is 2.10 bits per heavy atom. The van der Waals surface area contributed by atoms with Crippen molar-refractivity contribution in [2.75, 3.05) is 11.9 Å². The maximum atomic E-state index is 11.7. The summed E-state index contributed by atoms with van der Waals surface area (Å²) in [7, 11) is 0. The van der Waals surface area contributed by atoms with Crippen LogP contribution in [0.4, 0.5) is 5.82 Å². The highest BCUT2D eigenvalue weighted by Gasteiger charge is 2.28. The van der Waals surface area contributed by atoms with Crippen LogP contribution < -0.4 is 16.8 Å². The van der Waals surface area contributed by atoms with Crippen LogP contribution in [0.5, 0.6) is 0 Å². The number of fused-ring (bicyclic) bond motifs is 1. The number of rotatable bonds is 4. The number of aromatic nitrogens is 1. The molecule has 0 aromatic carbocycles. The van der Waals surface area contributed by atoms with E-state index in [4.69, 9.17) is 16.5 Å². The van der Waals surface area contributed by atoms with Crippen LogP contribution >= 0.6 is 0 Å². The Morgan fingerprint density at radius 1 is 1.29 bits per heavy atom. The van der Waals surface area contributed by atoms with Gasteiger partial charge >= 0.3 is 0 Å². The van der Waals surface area contributed by atoms with Gasteiger partial charge in [0.1, 0.15) is 5.82 Å². The minimum absolute atomic E-state index is 0.308. The fourth-order valence-electron chi connectivity index (χ4n) is 3.62. The molecule has 114 valence electrons. The van der Waals surface area contributed by atoms with Crippen molar-refractivity contribution in [3.05, 3.63) is 22.9 Å². The Morgan fingerprint density at radius 3 is 2.86 bits per heavy atom. The molecule has 0 radical (unpaired) electrons. The van der Waals surface area contributed by atoms with Crippen LogP contribution in [0.15, 0.2) is 6.07 Å². The lowest BCUT2D eigenvalue weighted by Gasteiger charge is -2.23. The molecule has 0 saturated heterocycles. The number of nitrogens with zero attached hydrogens (tertiary/aromatic N) is 1. The zero-order valence-corrected chi connectivity index (χ0v) is 12.4. The Kier molecular flexibility index (Phi) is 4.10. The van der Waals surface area contributed by atoms with Crippen molar-refractivity contribution in [1.82, 2.24) is 4.98 Å². The summed E-state index contributed by atoms with van der Waals surface area (Å²) in [6.07, 6.45) is 7.73. The third-order valence-corrected chi connectivity index (χ3v) is 4.85. The van der Waals surface area contributed by atoms with Crippen molar-refractivity contribution in [3.8, 4) is 0 Å². The molecule has 2 unspecified atom stereocenters. The maximum Gasteiger partial charge on any atom is 0.252 e. The van der Waals surface area contributed by atoms with Crippen molar-refractivity contribution in [3.63, 3.8) is 0 Å². The molecule has 0 aliphatic heterocycles. The van der Waals surface area contributed by atoms with Gasteiger partial charge in [-0.25, -0.2) is 4.98 Å². The molecule has 2 atom stereocenters. The quantitative estimate of drug-likeness (QED) is 0.784. The van der Waals surface area contributed by atoms with E-state index in [-0.39, 0.29) is 0 Å². The van der Waals surface area contributed by atoms with E-state index in [1.54, 1.807) is 0 Å². The molecule has 1 aromatic heterocycles. The van der Waals surface area contributed by atoms with Gasteiger partial charge in [0.25, 0.3) is 5.91 Å². The number of nitrogens with one attached hydrogen (secondary N) is 1. The lowest BCUT2D eigenvalue weighted by atomic mass is 9.94. The third-order valence-electron chi connectivity index (χ3n) is 4.85. The lowest BCUT2D eigenvalue weighted by Crippen LogP contribution is -2.31. The van der Waals surface area contributed by atoms with Crippen LogP contribution in [0.1, 0.15) is 53.7 Å². The second-order valence-electron chi connectivity index (χ2n) is 6.24. The third kappa shape index (κ3) is 2.88. The Balaban J connectivity index is 1.90. The first-order valence-electron chi connectivity index (χ1n) is 7.98. The summed E-state index contributed by atoms with van der Waals surface area (Å²) in [6.45, 7) is 0.675. The predicted molar refractivity (Wildman–Crippen MR) is 83.2 cm³/mol. The predicted octanol–water partition coefficient (Wildman–Crippen LogP) is 1.60. The first-order chi connectivity index (χ1) is 10.2. The fourth-order valence-corrected chi connectivity index (χ4v) is 3.62. The number of primary amides is 1. The highest BCUT2D eigenvalue weighted by molar-refractivity contribution is 5.97. The molecule has 1 heterocycles. The summed E-state index contributed by atoms with van der Waals surface area (Å²) in [5, 5.41) is 3.45. The highest BCUT2D eigenvalue weighted by Crippen LogP contribution is 2.30. The van der Waals surface area contributed by atoms with Crippen LogP contribution in [0.2, 0.25) is 0 Å². The summed E-state index contributed by atoms with van der Waals surface area (Å²) in [4.78, 5) is 16.5. The second-order valence-corrected chi connectivity index (χ2v) is 6.24. The molecule has 2 aliphatic rings. The number of carbonyl (C=O) groups excluding carboxylic acids is 1. The Bertz CT molecular complexity index is 543. The van der Waals surface area contributed by atoms with E-state index < -0.39 is 5.91 Å². The van der Waals surface area contributed by atoms with E-state index in [0.717, 1.165) is 37.8 Å². The van der Waals surface area contributed by atoms with Crippen LogP contribution in [0, 0.1) is 5.92 Å². The van der Waals surface area contributed by atoms with Gasteiger partial charge in [-0.3, -0.25) is 4.79 Å². The fraction of sp³-hybridized carbons (Fsp3) is 0.625. The number of nitrogens with two attached hydrogens (primary N) is 2. The van der Waals surface area contributed by atoms with Gasteiger partial charge in [-0.05, 0) is 62.6 Å². The van der Waals surface area contributed by atoms with Gasteiger partial charge in [0.15, 0.2) is 0 Å². The van der Waals surface area contributed by atoms with Gasteiger partial charge in [0.05, 0.1) is 5.56 Å². The molecule has 3 rings (SSSR count). The SMILES string of the molecule is NCC1CCCC1Nc1nc2c(cc1C(N)=O)CCCC2. The van der Waals surface area contributed by atoms with Gasteiger partial charge in [-0.1, -0.05) is 6.42 Å². The smallest absolute Gasteiger partial charge is 0.252 e. The summed E-state index contributed by atoms with van der Waals surface area (Å²) in [5.41, 5.74) is 14.2. The summed E-state index contributed by atoms with van der Waals surface area (Å²) in [6, 6.07) is 2.25. The first kappa shape index (κ1) is 14.3. The standard InChI is InChI=1S/C16H24N4O/c17-9-11-5-3-7-14(11)20-16-12(15(18)21)8-10-4-1-2-6-13(10)19-16/h8,11,14H,1-7,9,17H2,(H2,18,21)(H,19,20). The highest BCUT2D eigenvalue weighted by atomic mass is 16.1. The number of aryl methyl sites for hydroxylation is 2. The number of hydrogen-bond donors (Lipinski definition) is 3. The van der Waals surface area contributed by atoms with Gasteiger partial charge in [-0.2, -0.15) is 0 Å². The Hall–Kier alpha value is -1.62. The van der Waals surface area contributed by atoms with Crippen molar-refractivity contribution in [2.45, 2.75) is 51.0 Å². The molecule has 1 amide bonds. The number of carbonyl (C=O) groups is 1. The normalized spacial score (nSPS) is 24.6. The van der Waals surface area contributed by atoms with Crippen molar-refractivity contribution >= 4 is 11.7 Å². The molecule has 5 heteroatoms. The molecule has 2 aliphatic carbocycles. The van der Waals surface area contributed by atoms with Crippen molar-refractivity contribution in [2.24, 2.45) is 17.4 Å². The number of pyridine rings is 1. The van der Waals surface area contributed by atoms with E-state index >= 15 is 0 Å². The van der Waals surface area contributed by atoms with Crippen molar-refractivity contribution < 1.29 is 4.79 Å². The zero-order valence-electron chi connectivity index (χ0n) is 12.4. The molecule has 5 N–H and O–H groups in total. The molecule has 1 fully saturated rings. The van der Waals surface area contributed by atoms with E-state index in [0.29, 0.717) is 29.9 Å². The largest absolute Gasteiger partial charge is 0.366 e. The van der Waals surface area contributed by atoms with Crippen LogP contribution in [0.25, 0.3) is 0 Å². The van der Waals surface area contributed by atoms with Crippen LogP contribution in [-0.4, -0.2) is 23.5 Å². The monoisotopic (exact) mass is 288 g/mol. The molecule has 5 nitrogen and oxygen atoms in total. The van der Waals surface area contributed by atoms with E-state index in [9.17, 15) is 4.79 Å². The number of hydrogen-bond acceptors (Lipinski definition) is 4. The van der Waals surface area contributed by atoms with Gasteiger partial charge in [0, 0.05) is 11.7 Å². The molecular weight excluding hydrogens is 264 g/mol. The minimum atomic E-state index is -0.402. The van der Waals surface area contributed by atoms with E-state index in [1.165, 1.54) is 18.4 Å². The van der Waals surface area contributed by atoms with E-state index in [1.807, 2.05) is 6.07 Å². The molecule has 0 spiro atoms. The number of amides is 1. The average Bonchev–Trinajstić information content (AvgIpc) is 2.93. The number of anilines is 1. The molecule has 21 heavy (non-hydrogen) atoms. The van der Waals surface area contributed by atoms with E-state index in [2.05, 4.69) is 5.32 Å². The summed E-state index contributed by atoms with van der Waals surface area (Å²) < 4.78 is 0. The molecule has 1 aromatic rings. The summed E-state index contributed by atoms with van der Waals surface area (Å²) in [5.74, 6) is 0.720. The van der Waals surface area contributed by atoms with Crippen molar-refractivity contribution in [1.29, 1.82) is 0 Å². The second kappa shape index (κ2) is 6.02. The molecular formula is C16H24N4O. The maximum absolute atomic E-state index is 11.7. The summed E-state index contributed by atoms with van der Waals surface area (Å²) >= 11 is 0. The van der Waals surface area contributed by atoms with Crippen LogP contribution in [0.3, 0.4) is 0 Å². The zero-order chi connectivity index (χ0) is 14.8.